The first-order valence-electron chi connectivity index (χ1n) is 5.38. The Morgan fingerprint density at radius 1 is 1.19 bits per heavy atom. The van der Waals surface area contributed by atoms with Gasteiger partial charge in [0.25, 0.3) is 0 Å². The molecule has 0 amide bonds. The molecular weight excluding hydrogens is 224 g/mol. The van der Waals surface area contributed by atoms with E-state index < -0.39 is 0 Å². The van der Waals surface area contributed by atoms with Crippen molar-refractivity contribution in [2.45, 2.75) is 22.7 Å². The van der Waals surface area contributed by atoms with Crippen molar-refractivity contribution in [3.63, 3.8) is 0 Å². The maximum Gasteiger partial charge on any atom is 0.340 e. The second-order valence-corrected chi connectivity index (χ2v) is 5.40. The molecule has 4 heteroatoms. The second-order valence-electron chi connectivity index (χ2n) is 4.01. The highest BCUT2D eigenvalue weighted by Crippen LogP contribution is 2.46. The van der Waals surface area contributed by atoms with Crippen LogP contribution in [0, 0.1) is 0 Å². The lowest BCUT2D eigenvalue weighted by Crippen LogP contribution is -2.40. The van der Waals surface area contributed by atoms with Gasteiger partial charge in [-0.3, -0.25) is 0 Å². The Labute approximate surface area is 98.1 Å². The molecule has 0 saturated carbocycles. The summed E-state index contributed by atoms with van der Waals surface area (Å²) in [5, 5.41) is 0. The minimum Gasteiger partial charge on any atom is -0.444 e. The lowest BCUT2D eigenvalue weighted by Gasteiger charge is -2.39. The SMILES string of the molecule is O=C1OC2(CCOCC2)Sc2ccccc21. The first-order chi connectivity index (χ1) is 7.79. The van der Waals surface area contributed by atoms with Gasteiger partial charge in [0.2, 0.25) is 0 Å². The van der Waals surface area contributed by atoms with Crippen LogP contribution in [0.5, 0.6) is 0 Å². The third kappa shape index (κ3) is 1.62. The minimum atomic E-state index is -0.385. The molecule has 1 aromatic carbocycles. The highest BCUT2D eigenvalue weighted by Gasteiger charge is 2.42. The quantitative estimate of drug-likeness (QED) is 0.648. The van der Waals surface area contributed by atoms with E-state index in [1.54, 1.807) is 11.8 Å². The predicted molar refractivity (Wildman–Crippen MR) is 60.5 cm³/mol. The molecular formula is C12H12O3S. The molecule has 1 spiro atoms. The topological polar surface area (TPSA) is 35.5 Å². The van der Waals surface area contributed by atoms with Gasteiger partial charge >= 0.3 is 5.97 Å². The summed E-state index contributed by atoms with van der Waals surface area (Å²) >= 11 is 1.66. The van der Waals surface area contributed by atoms with Gasteiger partial charge in [0.15, 0.2) is 4.93 Å². The Morgan fingerprint density at radius 2 is 1.94 bits per heavy atom. The van der Waals surface area contributed by atoms with Gasteiger partial charge in [-0.25, -0.2) is 4.79 Å². The lowest BCUT2D eigenvalue weighted by molar-refractivity contribution is -0.0341. The van der Waals surface area contributed by atoms with E-state index in [1.807, 2.05) is 24.3 Å². The number of carbonyl (C=O) groups excluding carboxylic acids is 1. The largest absolute Gasteiger partial charge is 0.444 e. The molecule has 0 aliphatic carbocycles. The molecule has 84 valence electrons. The third-order valence-electron chi connectivity index (χ3n) is 2.94. The van der Waals surface area contributed by atoms with Crippen molar-refractivity contribution in [2.75, 3.05) is 13.2 Å². The van der Waals surface area contributed by atoms with Crippen molar-refractivity contribution in [1.82, 2.24) is 0 Å². The molecule has 0 aromatic heterocycles. The number of rotatable bonds is 0. The Balaban J connectivity index is 1.96. The zero-order valence-electron chi connectivity index (χ0n) is 8.77. The number of fused-ring (bicyclic) bond motifs is 1. The maximum absolute atomic E-state index is 11.9. The number of benzene rings is 1. The molecule has 2 aliphatic rings. The van der Waals surface area contributed by atoms with Crippen LogP contribution in [0.2, 0.25) is 0 Å². The monoisotopic (exact) mass is 236 g/mol. The van der Waals surface area contributed by atoms with Gasteiger partial charge in [-0.15, -0.1) is 0 Å². The number of hydrogen-bond acceptors (Lipinski definition) is 4. The maximum atomic E-state index is 11.9. The first kappa shape index (κ1) is 10.2. The number of carbonyl (C=O) groups is 1. The molecule has 0 bridgehead atoms. The van der Waals surface area contributed by atoms with Crippen LogP contribution in [0.15, 0.2) is 29.2 Å². The highest BCUT2D eigenvalue weighted by molar-refractivity contribution is 8.00. The molecule has 2 heterocycles. The number of ether oxygens (including phenoxy) is 2. The number of thioether (sulfide) groups is 1. The van der Waals surface area contributed by atoms with E-state index >= 15 is 0 Å². The summed E-state index contributed by atoms with van der Waals surface area (Å²) < 4.78 is 10.9. The van der Waals surface area contributed by atoms with E-state index in [0.717, 1.165) is 17.7 Å². The van der Waals surface area contributed by atoms with Crippen molar-refractivity contribution in [3.05, 3.63) is 29.8 Å². The van der Waals surface area contributed by atoms with Crippen LogP contribution in [0.25, 0.3) is 0 Å². The van der Waals surface area contributed by atoms with E-state index in [4.69, 9.17) is 9.47 Å². The average molecular weight is 236 g/mol. The van der Waals surface area contributed by atoms with Crippen LogP contribution in [0.1, 0.15) is 23.2 Å². The van der Waals surface area contributed by atoms with Crippen LogP contribution in [-0.4, -0.2) is 24.1 Å². The highest BCUT2D eigenvalue weighted by atomic mass is 32.2. The van der Waals surface area contributed by atoms with Crippen molar-refractivity contribution in [1.29, 1.82) is 0 Å². The summed E-state index contributed by atoms with van der Waals surface area (Å²) in [5.74, 6) is -0.198. The normalized spacial score (nSPS) is 22.6. The van der Waals surface area contributed by atoms with Crippen molar-refractivity contribution in [3.8, 4) is 0 Å². The summed E-state index contributed by atoms with van der Waals surface area (Å²) in [7, 11) is 0. The van der Waals surface area contributed by atoms with Crippen LogP contribution in [0.3, 0.4) is 0 Å². The van der Waals surface area contributed by atoms with Gasteiger partial charge in [-0.2, -0.15) is 0 Å². The smallest absolute Gasteiger partial charge is 0.340 e. The zero-order valence-corrected chi connectivity index (χ0v) is 9.59. The first-order valence-corrected chi connectivity index (χ1v) is 6.20. The molecule has 0 N–H and O–H groups in total. The van der Waals surface area contributed by atoms with E-state index in [1.165, 1.54) is 0 Å². The lowest BCUT2D eigenvalue weighted by atomic mass is 10.1. The molecule has 1 saturated heterocycles. The predicted octanol–water partition coefficient (Wildman–Crippen LogP) is 2.46. The van der Waals surface area contributed by atoms with Crippen LogP contribution >= 0.6 is 11.8 Å². The van der Waals surface area contributed by atoms with Crippen molar-refractivity contribution >= 4 is 17.7 Å². The van der Waals surface area contributed by atoms with Gasteiger partial charge in [0.1, 0.15) is 0 Å². The molecule has 0 radical (unpaired) electrons. The Kier molecular flexibility index (Phi) is 2.41. The number of esters is 1. The summed E-state index contributed by atoms with van der Waals surface area (Å²) in [4.78, 5) is 12.5. The number of hydrogen-bond donors (Lipinski definition) is 0. The van der Waals surface area contributed by atoms with Gasteiger partial charge in [0.05, 0.1) is 18.8 Å². The van der Waals surface area contributed by atoms with E-state index in [9.17, 15) is 4.79 Å². The summed E-state index contributed by atoms with van der Waals surface area (Å²) in [6.45, 7) is 1.34. The molecule has 1 fully saturated rings. The van der Waals surface area contributed by atoms with Crippen LogP contribution < -0.4 is 0 Å². The molecule has 16 heavy (non-hydrogen) atoms. The summed E-state index contributed by atoms with van der Waals surface area (Å²) in [6, 6.07) is 7.62. The molecule has 3 nitrogen and oxygen atoms in total. The standard InChI is InChI=1S/C12H12O3S/c13-11-9-3-1-2-4-10(9)16-12(15-11)5-7-14-8-6-12/h1-4H,5-8H2. The Morgan fingerprint density at radius 3 is 2.75 bits per heavy atom. The summed E-state index contributed by atoms with van der Waals surface area (Å²) in [6.07, 6.45) is 1.55. The Bertz CT molecular complexity index is 424. The van der Waals surface area contributed by atoms with Crippen LogP contribution in [0.4, 0.5) is 0 Å². The molecule has 3 rings (SSSR count). The van der Waals surface area contributed by atoms with E-state index in [2.05, 4.69) is 0 Å². The van der Waals surface area contributed by atoms with Crippen molar-refractivity contribution < 1.29 is 14.3 Å². The molecule has 0 atom stereocenters. The van der Waals surface area contributed by atoms with E-state index in [0.29, 0.717) is 18.8 Å². The van der Waals surface area contributed by atoms with E-state index in [-0.39, 0.29) is 10.9 Å². The van der Waals surface area contributed by atoms with Gasteiger partial charge in [0, 0.05) is 17.7 Å². The fourth-order valence-electron chi connectivity index (χ4n) is 2.06. The third-order valence-corrected chi connectivity index (χ3v) is 4.38. The minimum absolute atomic E-state index is 0.198. The fraction of sp³-hybridized carbons (Fsp3) is 0.417. The fourth-order valence-corrected chi connectivity index (χ4v) is 3.35. The van der Waals surface area contributed by atoms with Gasteiger partial charge in [-0.05, 0) is 12.1 Å². The van der Waals surface area contributed by atoms with Gasteiger partial charge < -0.3 is 9.47 Å². The summed E-state index contributed by atoms with van der Waals surface area (Å²) in [5.41, 5.74) is 0.685. The molecule has 0 unspecified atom stereocenters. The van der Waals surface area contributed by atoms with Crippen LogP contribution in [-0.2, 0) is 9.47 Å². The van der Waals surface area contributed by atoms with Crippen molar-refractivity contribution in [2.24, 2.45) is 0 Å². The second kappa shape index (κ2) is 3.79. The van der Waals surface area contributed by atoms with Gasteiger partial charge in [-0.1, -0.05) is 23.9 Å². The average Bonchev–Trinajstić information content (AvgIpc) is 2.30. The zero-order chi connectivity index (χ0) is 11.0. The Hall–Kier alpha value is -1.00. The molecule has 2 aliphatic heterocycles. The molecule has 1 aromatic rings.